The van der Waals surface area contributed by atoms with Gasteiger partial charge in [0.15, 0.2) is 0 Å². The first-order valence-electron chi connectivity index (χ1n) is 8.30. The van der Waals surface area contributed by atoms with Crippen molar-refractivity contribution in [1.29, 1.82) is 0 Å². The van der Waals surface area contributed by atoms with Crippen molar-refractivity contribution in [3.05, 3.63) is 35.4 Å². The summed E-state index contributed by atoms with van der Waals surface area (Å²) in [5, 5.41) is 0. The van der Waals surface area contributed by atoms with Crippen LogP contribution in [0.3, 0.4) is 0 Å². The number of benzene rings is 1. The number of carbonyl (C=O) groups is 1. The van der Waals surface area contributed by atoms with E-state index in [4.69, 9.17) is 10.5 Å². The zero-order valence-electron chi connectivity index (χ0n) is 13.4. The van der Waals surface area contributed by atoms with Gasteiger partial charge in [-0.3, -0.25) is 4.79 Å². The Bertz CT molecular complexity index is 534. The van der Waals surface area contributed by atoms with Gasteiger partial charge >= 0.3 is 0 Å². The van der Waals surface area contributed by atoms with Crippen LogP contribution < -0.4 is 5.73 Å². The van der Waals surface area contributed by atoms with Crippen molar-refractivity contribution in [3.63, 3.8) is 0 Å². The predicted molar refractivity (Wildman–Crippen MR) is 86.6 cm³/mol. The fraction of sp³-hybridized carbons (Fsp3) is 0.611. The van der Waals surface area contributed by atoms with Crippen molar-refractivity contribution in [2.24, 2.45) is 11.7 Å². The van der Waals surface area contributed by atoms with E-state index in [1.54, 1.807) is 0 Å². The molecule has 22 heavy (non-hydrogen) atoms. The molecule has 1 unspecified atom stereocenters. The summed E-state index contributed by atoms with van der Waals surface area (Å²) in [5.74, 6) is 0.249. The Morgan fingerprint density at radius 2 is 1.91 bits per heavy atom. The Hall–Kier alpha value is -1.39. The zero-order valence-corrected chi connectivity index (χ0v) is 13.4. The van der Waals surface area contributed by atoms with E-state index in [1.807, 2.05) is 11.8 Å². The zero-order chi connectivity index (χ0) is 15.6. The van der Waals surface area contributed by atoms with Gasteiger partial charge in [0.25, 0.3) is 0 Å². The van der Waals surface area contributed by atoms with Crippen LogP contribution in [0, 0.1) is 5.92 Å². The third-order valence-corrected chi connectivity index (χ3v) is 4.82. The van der Waals surface area contributed by atoms with Gasteiger partial charge in [0, 0.05) is 24.5 Å². The highest BCUT2D eigenvalue weighted by Crippen LogP contribution is 2.36. The van der Waals surface area contributed by atoms with Gasteiger partial charge < -0.3 is 15.4 Å². The highest BCUT2D eigenvalue weighted by atomic mass is 16.5. The highest BCUT2D eigenvalue weighted by molar-refractivity contribution is 5.79. The van der Waals surface area contributed by atoms with Crippen molar-refractivity contribution in [1.82, 2.24) is 4.90 Å². The molecule has 1 heterocycles. The molecule has 2 aliphatic rings. The normalized spacial score (nSPS) is 21.5. The smallest absolute Gasteiger partial charge is 0.225 e. The van der Waals surface area contributed by atoms with Gasteiger partial charge in [0.05, 0.1) is 13.2 Å². The molecular formula is C18H26N2O2. The molecule has 4 nitrogen and oxygen atoms in total. The first kappa shape index (κ1) is 15.5. The minimum absolute atomic E-state index is 0.00665. The number of nitrogens with zero attached hydrogens (tertiary/aromatic N) is 1. The Morgan fingerprint density at radius 1 is 1.27 bits per heavy atom. The average Bonchev–Trinajstić information content (AvgIpc) is 3.26. The van der Waals surface area contributed by atoms with E-state index < -0.39 is 0 Å². The van der Waals surface area contributed by atoms with Crippen molar-refractivity contribution in [2.45, 2.75) is 38.1 Å². The molecule has 2 fully saturated rings. The molecule has 1 aromatic rings. The van der Waals surface area contributed by atoms with E-state index in [-0.39, 0.29) is 17.4 Å². The summed E-state index contributed by atoms with van der Waals surface area (Å²) in [6.07, 6.45) is 3.96. The number of amides is 1. The molecule has 1 saturated heterocycles. The van der Waals surface area contributed by atoms with Crippen molar-refractivity contribution >= 4 is 5.91 Å². The molecule has 1 aliphatic heterocycles. The van der Waals surface area contributed by atoms with Crippen LogP contribution in [0.5, 0.6) is 0 Å². The molecule has 1 saturated carbocycles. The van der Waals surface area contributed by atoms with Crippen LogP contribution in [0.25, 0.3) is 0 Å². The summed E-state index contributed by atoms with van der Waals surface area (Å²) in [7, 11) is 0. The number of ether oxygens (including phenoxy) is 1. The Morgan fingerprint density at radius 3 is 2.55 bits per heavy atom. The SMILES string of the molecule is CC(Cc1ccccc1CC1(N)CC1)C(=O)N1CCOCC1. The molecule has 120 valence electrons. The van der Waals surface area contributed by atoms with Crippen LogP contribution in [-0.2, 0) is 22.4 Å². The van der Waals surface area contributed by atoms with E-state index in [0.717, 1.165) is 38.8 Å². The largest absolute Gasteiger partial charge is 0.378 e. The summed E-state index contributed by atoms with van der Waals surface area (Å²) in [6, 6.07) is 8.43. The fourth-order valence-electron chi connectivity index (χ4n) is 3.16. The molecular weight excluding hydrogens is 276 g/mol. The maximum atomic E-state index is 12.6. The van der Waals surface area contributed by atoms with Crippen molar-refractivity contribution < 1.29 is 9.53 Å². The van der Waals surface area contributed by atoms with Gasteiger partial charge in [-0.25, -0.2) is 0 Å². The monoisotopic (exact) mass is 302 g/mol. The third kappa shape index (κ3) is 3.68. The van der Waals surface area contributed by atoms with Gasteiger partial charge in [0.2, 0.25) is 5.91 Å². The minimum Gasteiger partial charge on any atom is -0.378 e. The molecule has 0 radical (unpaired) electrons. The lowest BCUT2D eigenvalue weighted by molar-refractivity contribution is -0.139. The molecule has 4 heteroatoms. The highest BCUT2D eigenvalue weighted by Gasteiger charge is 2.38. The predicted octanol–water partition coefficient (Wildman–Crippen LogP) is 1.76. The summed E-state index contributed by atoms with van der Waals surface area (Å²) in [5.41, 5.74) is 8.85. The number of rotatable bonds is 5. The summed E-state index contributed by atoms with van der Waals surface area (Å²) in [6.45, 7) is 4.78. The molecule has 1 amide bonds. The maximum Gasteiger partial charge on any atom is 0.225 e. The van der Waals surface area contributed by atoms with E-state index in [9.17, 15) is 4.79 Å². The van der Waals surface area contributed by atoms with E-state index in [0.29, 0.717) is 13.2 Å². The number of hydrogen-bond acceptors (Lipinski definition) is 3. The Balaban J connectivity index is 1.65. The summed E-state index contributed by atoms with van der Waals surface area (Å²) >= 11 is 0. The third-order valence-electron chi connectivity index (χ3n) is 4.82. The van der Waals surface area contributed by atoms with Crippen molar-refractivity contribution in [2.75, 3.05) is 26.3 Å². The van der Waals surface area contributed by atoms with Gasteiger partial charge in [-0.2, -0.15) is 0 Å². The number of nitrogens with two attached hydrogens (primary N) is 1. The van der Waals surface area contributed by atoms with Crippen LogP contribution in [0.1, 0.15) is 30.9 Å². The van der Waals surface area contributed by atoms with Crippen LogP contribution in [0.2, 0.25) is 0 Å². The molecule has 0 spiro atoms. The van der Waals surface area contributed by atoms with Crippen LogP contribution in [0.15, 0.2) is 24.3 Å². The molecule has 1 aliphatic carbocycles. The van der Waals surface area contributed by atoms with Crippen LogP contribution in [0.4, 0.5) is 0 Å². The average molecular weight is 302 g/mol. The topological polar surface area (TPSA) is 55.6 Å². The minimum atomic E-state index is 0.00665. The summed E-state index contributed by atoms with van der Waals surface area (Å²) < 4.78 is 5.32. The quantitative estimate of drug-likeness (QED) is 0.901. The number of hydrogen-bond donors (Lipinski definition) is 1. The maximum absolute atomic E-state index is 12.6. The van der Waals surface area contributed by atoms with E-state index in [1.165, 1.54) is 11.1 Å². The van der Waals surface area contributed by atoms with Crippen molar-refractivity contribution in [3.8, 4) is 0 Å². The summed E-state index contributed by atoms with van der Waals surface area (Å²) in [4.78, 5) is 14.5. The lowest BCUT2D eigenvalue weighted by Gasteiger charge is -2.29. The molecule has 2 N–H and O–H groups in total. The molecule has 1 aromatic carbocycles. The molecule has 0 bridgehead atoms. The van der Waals surface area contributed by atoms with Gasteiger partial charge in [-0.05, 0) is 36.8 Å². The first-order valence-corrected chi connectivity index (χ1v) is 8.30. The van der Waals surface area contributed by atoms with E-state index in [2.05, 4.69) is 24.3 Å². The van der Waals surface area contributed by atoms with Crippen LogP contribution in [-0.4, -0.2) is 42.6 Å². The molecule has 3 rings (SSSR count). The second-order valence-electron chi connectivity index (χ2n) is 6.85. The Kier molecular flexibility index (Phi) is 4.50. The Labute approximate surface area is 132 Å². The van der Waals surface area contributed by atoms with E-state index >= 15 is 0 Å². The van der Waals surface area contributed by atoms with Gasteiger partial charge in [0.1, 0.15) is 0 Å². The second kappa shape index (κ2) is 6.39. The lowest BCUT2D eigenvalue weighted by atomic mass is 9.92. The second-order valence-corrected chi connectivity index (χ2v) is 6.85. The fourth-order valence-corrected chi connectivity index (χ4v) is 3.16. The standard InChI is InChI=1S/C18H26N2O2/c1-14(17(21)20-8-10-22-11-9-20)12-15-4-2-3-5-16(15)13-18(19)6-7-18/h2-5,14H,6-13,19H2,1H3. The number of carbonyl (C=O) groups excluding carboxylic acids is 1. The molecule has 1 atom stereocenters. The van der Waals surface area contributed by atoms with Gasteiger partial charge in [-0.15, -0.1) is 0 Å². The number of morpholine rings is 1. The van der Waals surface area contributed by atoms with Gasteiger partial charge in [-0.1, -0.05) is 31.2 Å². The lowest BCUT2D eigenvalue weighted by Crippen LogP contribution is -2.43. The van der Waals surface area contributed by atoms with Crippen LogP contribution >= 0.6 is 0 Å². The molecule has 0 aromatic heterocycles. The first-order chi connectivity index (χ1) is 10.6.